The minimum Gasteiger partial charge on any atom is -0.472 e. The second kappa shape index (κ2) is 10.2. The standard InChI is InChI=1S/C27H21F4N3O2S/c1-16-13-22-25(33-24(34-26(22)37-16)20-10-12-35-15-20)32-11-2-3-18-4-5-19(14-23(18)28)17-6-8-21(9-7-17)36-27(29,30)31/h4-10,12-15H,2-3,11H2,1H3,(H,32,33,34). The minimum atomic E-state index is -4.76. The number of hydrogen-bond acceptors (Lipinski definition) is 6. The Morgan fingerprint density at radius 2 is 1.76 bits per heavy atom. The van der Waals surface area contributed by atoms with Gasteiger partial charge in [0.2, 0.25) is 0 Å². The summed E-state index contributed by atoms with van der Waals surface area (Å²) in [5, 5.41) is 4.30. The lowest BCUT2D eigenvalue weighted by Crippen LogP contribution is -2.16. The molecule has 0 aliphatic carbocycles. The number of nitrogens with zero attached hydrogens (tertiary/aromatic N) is 2. The van der Waals surface area contributed by atoms with Crippen LogP contribution in [0.25, 0.3) is 32.7 Å². The van der Waals surface area contributed by atoms with Gasteiger partial charge in [0.25, 0.3) is 0 Å². The number of nitrogens with one attached hydrogen (secondary N) is 1. The Kier molecular flexibility index (Phi) is 6.84. The van der Waals surface area contributed by atoms with Crippen LogP contribution in [-0.2, 0) is 6.42 Å². The van der Waals surface area contributed by atoms with Crippen molar-refractivity contribution in [3.63, 3.8) is 0 Å². The summed E-state index contributed by atoms with van der Waals surface area (Å²) in [6.07, 6.45) is -0.415. The van der Waals surface area contributed by atoms with Crippen molar-refractivity contribution in [2.75, 3.05) is 11.9 Å². The predicted octanol–water partition coefficient (Wildman–Crippen LogP) is 8.01. The molecule has 3 heterocycles. The van der Waals surface area contributed by atoms with Gasteiger partial charge in [-0.1, -0.05) is 24.3 Å². The third kappa shape index (κ3) is 5.91. The Hall–Kier alpha value is -3.92. The summed E-state index contributed by atoms with van der Waals surface area (Å²) in [5.41, 5.74) is 2.51. The molecule has 1 N–H and O–H groups in total. The molecule has 0 saturated heterocycles. The number of fused-ring (bicyclic) bond motifs is 1. The maximum atomic E-state index is 14.8. The number of aryl methyl sites for hydroxylation is 2. The molecular formula is C27H21F4N3O2S. The average Bonchev–Trinajstić information content (AvgIpc) is 3.51. The summed E-state index contributed by atoms with van der Waals surface area (Å²) < 4.78 is 60.9. The first-order chi connectivity index (χ1) is 17.7. The highest BCUT2D eigenvalue weighted by Gasteiger charge is 2.31. The first-order valence-corrected chi connectivity index (χ1v) is 12.3. The van der Waals surface area contributed by atoms with E-state index in [0.29, 0.717) is 41.9 Å². The molecule has 0 bridgehead atoms. The summed E-state index contributed by atoms with van der Waals surface area (Å²) in [7, 11) is 0. The van der Waals surface area contributed by atoms with E-state index in [4.69, 9.17) is 4.42 Å². The first kappa shape index (κ1) is 24.8. The van der Waals surface area contributed by atoms with E-state index in [0.717, 1.165) is 26.5 Å². The third-order valence-corrected chi connectivity index (χ3v) is 6.63. The zero-order chi connectivity index (χ0) is 26.0. The van der Waals surface area contributed by atoms with E-state index >= 15 is 0 Å². The lowest BCUT2D eigenvalue weighted by atomic mass is 10.0. The van der Waals surface area contributed by atoms with Gasteiger partial charge in [0, 0.05) is 11.4 Å². The maximum Gasteiger partial charge on any atom is 0.573 e. The molecule has 3 aromatic heterocycles. The average molecular weight is 528 g/mol. The highest BCUT2D eigenvalue weighted by molar-refractivity contribution is 7.18. The molecule has 0 spiro atoms. The Labute approximate surface area is 213 Å². The van der Waals surface area contributed by atoms with Crippen LogP contribution in [0.3, 0.4) is 0 Å². The number of aromatic nitrogens is 2. The quantitative estimate of drug-likeness (QED) is 0.164. The molecule has 5 nitrogen and oxygen atoms in total. The number of anilines is 1. The molecule has 0 amide bonds. The molecular weight excluding hydrogens is 506 g/mol. The van der Waals surface area contributed by atoms with E-state index in [-0.39, 0.29) is 11.6 Å². The second-order valence-corrected chi connectivity index (χ2v) is 9.63. The number of hydrogen-bond donors (Lipinski definition) is 1. The topological polar surface area (TPSA) is 60.2 Å². The van der Waals surface area contributed by atoms with Crippen LogP contribution in [0, 0.1) is 12.7 Å². The monoisotopic (exact) mass is 527 g/mol. The Morgan fingerprint density at radius 3 is 2.46 bits per heavy atom. The molecule has 0 radical (unpaired) electrons. The number of benzene rings is 2. The molecule has 5 rings (SSSR count). The van der Waals surface area contributed by atoms with Crippen LogP contribution in [0.1, 0.15) is 16.9 Å². The van der Waals surface area contributed by atoms with Crippen molar-refractivity contribution in [3.05, 3.63) is 83.4 Å². The van der Waals surface area contributed by atoms with E-state index in [2.05, 4.69) is 20.0 Å². The second-order valence-electron chi connectivity index (χ2n) is 8.39. The minimum absolute atomic E-state index is 0.323. The van der Waals surface area contributed by atoms with Crippen molar-refractivity contribution >= 4 is 27.4 Å². The van der Waals surface area contributed by atoms with Gasteiger partial charge in [0.05, 0.1) is 17.2 Å². The number of furan rings is 1. The van der Waals surface area contributed by atoms with Crippen molar-refractivity contribution < 1.29 is 26.7 Å². The van der Waals surface area contributed by atoms with Gasteiger partial charge in [0.15, 0.2) is 5.82 Å². The fourth-order valence-corrected chi connectivity index (χ4v) is 4.84. The van der Waals surface area contributed by atoms with E-state index in [1.165, 1.54) is 30.3 Å². The number of alkyl halides is 3. The van der Waals surface area contributed by atoms with E-state index < -0.39 is 6.36 Å². The summed E-state index contributed by atoms with van der Waals surface area (Å²) in [4.78, 5) is 11.3. The number of halogens is 4. The molecule has 0 atom stereocenters. The highest BCUT2D eigenvalue weighted by atomic mass is 32.1. The molecule has 0 saturated carbocycles. The highest BCUT2D eigenvalue weighted by Crippen LogP contribution is 2.31. The zero-order valence-corrected chi connectivity index (χ0v) is 20.4. The number of thiophene rings is 1. The lowest BCUT2D eigenvalue weighted by Gasteiger charge is -2.11. The van der Waals surface area contributed by atoms with Crippen LogP contribution in [0.4, 0.5) is 23.4 Å². The van der Waals surface area contributed by atoms with Gasteiger partial charge in [-0.05, 0) is 66.8 Å². The SMILES string of the molecule is Cc1cc2c(NCCCc3ccc(-c4ccc(OC(F)(F)F)cc4)cc3F)nc(-c3ccoc3)nc2s1. The number of ether oxygens (including phenoxy) is 1. The fourth-order valence-electron chi connectivity index (χ4n) is 3.96. The summed E-state index contributed by atoms with van der Waals surface area (Å²) in [6, 6.07) is 14.0. The third-order valence-electron chi connectivity index (χ3n) is 5.68. The molecule has 2 aromatic carbocycles. The van der Waals surface area contributed by atoms with E-state index in [1.54, 1.807) is 36.0 Å². The van der Waals surface area contributed by atoms with E-state index in [1.807, 2.05) is 19.1 Å². The van der Waals surface area contributed by atoms with Crippen molar-refractivity contribution in [1.82, 2.24) is 9.97 Å². The largest absolute Gasteiger partial charge is 0.573 e. The molecule has 37 heavy (non-hydrogen) atoms. The first-order valence-electron chi connectivity index (χ1n) is 11.4. The normalized spacial score (nSPS) is 11.7. The van der Waals surface area contributed by atoms with Crippen LogP contribution in [-0.4, -0.2) is 22.9 Å². The molecule has 0 aliphatic heterocycles. The van der Waals surface area contributed by atoms with Gasteiger partial charge in [-0.3, -0.25) is 0 Å². The Morgan fingerprint density at radius 1 is 0.973 bits per heavy atom. The fraction of sp³-hybridized carbons (Fsp3) is 0.185. The van der Waals surface area contributed by atoms with Crippen LogP contribution in [0.2, 0.25) is 0 Å². The Balaban J connectivity index is 1.23. The van der Waals surface area contributed by atoms with Crippen LogP contribution >= 0.6 is 11.3 Å². The van der Waals surface area contributed by atoms with Crippen LogP contribution < -0.4 is 10.1 Å². The lowest BCUT2D eigenvalue weighted by molar-refractivity contribution is -0.274. The van der Waals surface area contributed by atoms with Crippen molar-refractivity contribution in [1.29, 1.82) is 0 Å². The van der Waals surface area contributed by atoms with Gasteiger partial charge < -0.3 is 14.5 Å². The van der Waals surface area contributed by atoms with Crippen molar-refractivity contribution in [3.8, 4) is 28.3 Å². The molecule has 0 fully saturated rings. The van der Waals surface area contributed by atoms with Crippen molar-refractivity contribution in [2.24, 2.45) is 0 Å². The number of rotatable bonds is 8. The van der Waals surface area contributed by atoms with Gasteiger partial charge in [0.1, 0.15) is 28.5 Å². The van der Waals surface area contributed by atoms with Gasteiger partial charge in [-0.25, -0.2) is 14.4 Å². The summed E-state index contributed by atoms with van der Waals surface area (Å²) in [5.74, 6) is 0.606. The van der Waals surface area contributed by atoms with Crippen LogP contribution in [0.5, 0.6) is 5.75 Å². The van der Waals surface area contributed by atoms with Gasteiger partial charge in [-0.2, -0.15) is 0 Å². The van der Waals surface area contributed by atoms with Gasteiger partial charge >= 0.3 is 6.36 Å². The molecule has 5 aromatic rings. The molecule has 10 heteroatoms. The molecule has 190 valence electrons. The summed E-state index contributed by atoms with van der Waals surface area (Å²) in [6.45, 7) is 2.60. The molecule has 0 unspecified atom stereocenters. The predicted molar refractivity (Wildman–Crippen MR) is 135 cm³/mol. The van der Waals surface area contributed by atoms with Gasteiger partial charge in [-0.15, -0.1) is 24.5 Å². The smallest absolute Gasteiger partial charge is 0.472 e. The van der Waals surface area contributed by atoms with Crippen molar-refractivity contribution in [2.45, 2.75) is 26.1 Å². The van der Waals surface area contributed by atoms with Crippen LogP contribution in [0.15, 0.2) is 71.5 Å². The van der Waals surface area contributed by atoms with E-state index in [9.17, 15) is 17.6 Å². The molecule has 0 aliphatic rings. The maximum absolute atomic E-state index is 14.8. The zero-order valence-electron chi connectivity index (χ0n) is 19.6. The Bertz CT molecular complexity index is 1510. The summed E-state index contributed by atoms with van der Waals surface area (Å²) >= 11 is 1.59.